The fourth-order valence-corrected chi connectivity index (χ4v) is 4.22. The Morgan fingerprint density at radius 1 is 1.30 bits per heavy atom. The number of amides is 2. The van der Waals surface area contributed by atoms with Gasteiger partial charge in [0, 0.05) is 18.3 Å². The van der Waals surface area contributed by atoms with E-state index in [2.05, 4.69) is 4.18 Å². The highest BCUT2D eigenvalue weighted by molar-refractivity contribution is 7.86. The van der Waals surface area contributed by atoms with Gasteiger partial charge < -0.3 is 19.1 Å². The van der Waals surface area contributed by atoms with Crippen LogP contribution in [-0.2, 0) is 28.6 Å². The number of carbonyl (C=O) groups is 2. The summed E-state index contributed by atoms with van der Waals surface area (Å²) in [4.78, 5) is 27.3. The van der Waals surface area contributed by atoms with Gasteiger partial charge in [-0.15, -0.1) is 0 Å². The van der Waals surface area contributed by atoms with E-state index in [-0.39, 0.29) is 19.1 Å². The second-order valence-electron chi connectivity index (χ2n) is 6.31. The first-order valence-corrected chi connectivity index (χ1v) is 9.90. The number of morpholine rings is 1. The summed E-state index contributed by atoms with van der Waals surface area (Å²) >= 11 is 0. The van der Waals surface area contributed by atoms with Gasteiger partial charge in [-0.05, 0) is 12.1 Å². The topological polar surface area (TPSA) is 112 Å². The third-order valence-corrected chi connectivity index (χ3v) is 5.99. The summed E-state index contributed by atoms with van der Waals surface area (Å²) in [5.74, 6) is -0.175. The Bertz CT molecular complexity index is 886. The van der Waals surface area contributed by atoms with Crippen LogP contribution in [0.4, 0.5) is 16.2 Å². The summed E-state index contributed by atoms with van der Waals surface area (Å²) < 4.78 is 44.0. The van der Waals surface area contributed by atoms with Crippen molar-refractivity contribution < 1.29 is 36.4 Å². The maximum Gasteiger partial charge on any atom is 0.415 e. The minimum atomic E-state index is -3.80. The number of nitrogens with zero attached hydrogens (tertiary/aromatic N) is 2. The van der Waals surface area contributed by atoms with Crippen LogP contribution in [0.2, 0.25) is 0 Å². The van der Waals surface area contributed by atoms with Crippen LogP contribution in [0.15, 0.2) is 18.2 Å². The number of carbonyl (C=O) groups excluding carboxylic acids is 2. The first-order chi connectivity index (χ1) is 12.9. The van der Waals surface area contributed by atoms with Crippen LogP contribution in [0.5, 0.6) is 5.75 Å². The molecule has 0 aromatic heterocycles. The number of fused-ring (bicyclic) bond motifs is 3. The zero-order valence-corrected chi connectivity index (χ0v) is 15.3. The average molecular weight is 398 g/mol. The van der Waals surface area contributed by atoms with Crippen LogP contribution in [0.1, 0.15) is 0 Å². The molecule has 4 rings (SSSR count). The molecule has 0 spiro atoms. The van der Waals surface area contributed by atoms with E-state index in [1.54, 1.807) is 23.1 Å². The second-order valence-corrected chi connectivity index (χ2v) is 8.09. The molecule has 2 amide bonds. The third-order valence-electron chi connectivity index (χ3n) is 4.74. The molecule has 2 atom stereocenters. The van der Waals surface area contributed by atoms with E-state index in [1.807, 2.05) is 0 Å². The van der Waals surface area contributed by atoms with Crippen LogP contribution in [0.25, 0.3) is 0 Å². The SMILES string of the molecule is COS(=O)(=O)C[C@@H]1OC(=O)N2c3ccc(N4CCOCC4=O)cc3OC[C@@H]12. The van der Waals surface area contributed by atoms with Crippen LogP contribution >= 0.6 is 0 Å². The fourth-order valence-electron chi connectivity index (χ4n) is 3.39. The molecule has 27 heavy (non-hydrogen) atoms. The molecule has 11 heteroatoms. The van der Waals surface area contributed by atoms with Crippen LogP contribution < -0.4 is 14.5 Å². The predicted octanol–water partition coefficient (Wildman–Crippen LogP) is 0.112. The molecule has 0 bridgehead atoms. The fraction of sp³-hybridized carbons (Fsp3) is 0.500. The first-order valence-electron chi connectivity index (χ1n) is 8.33. The van der Waals surface area contributed by atoms with Gasteiger partial charge in [-0.3, -0.25) is 13.9 Å². The van der Waals surface area contributed by atoms with Crippen molar-refractivity contribution in [2.45, 2.75) is 12.1 Å². The molecule has 146 valence electrons. The summed E-state index contributed by atoms with van der Waals surface area (Å²) in [6.45, 7) is 0.972. The maximum absolute atomic E-state index is 12.3. The Morgan fingerprint density at radius 3 is 2.85 bits per heavy atom. The molecule has 10 nitrogen and oxygen atoms in total. The van der Waals surface area contributed by atoms with E-state index in [0.717, 1.165) is 7.11 Å². The molecular formula is C16H18N2O8S. The minimum Gasteiger partial charge on any atom is -0.489 e. The minimum absolute atomic E-state index is 0.0219. The molecule has 3 heterocycles. The van der Waals surface area contributed by atoms with Gasteiger partial charge in [-0.1, -0.05) is 0 Å². The number of ether oxygens (including phenoxy) is 3. The van der Waals surface area contributed by atoms with E-state index in [9.17, 15) is 18.0 Å². The zero-order chi connectivity index (χ0) is 19.2. The van der Waals surface area contributed by atoms with Crippen molar-refractivity contribution >= 4 is 33.5 Å². The summed E-state index contributed by atoms with van der Waals surface area (Å²) in [6.07, 6.45) is -1.54. The summed E-state index contributed by atoms with van der Waals surface area (Å²) in [6, 6.07) is 4.47. The molecule has 3 aliphatic rings. The monoisotopic (exact) mass is 398 g/mol. The van der Waals surface area contributed by atoms with Gasteiger partial charge in [0.25, 0.3) is 16.0 Å². The van der Waals surface area contributed by atoms with Crippen molar-refractivity contribution in [3.63, 3.8) is 0 Å². The first kappa shape index (κ1) is 18.0. The van der Waals surface area contributed by atoms with Crippen molar-refractivity contribution in [1.82, 2.24) is 0 Å². The Labute approximate surface area is 155 Å². The Balaban J connectivity index is 1.60. The molecule has 1 aromatic rings. The second kappa shape index (κ2) is 6.66. The summed E-state index contributed by atoms with van der Waals surface area (Å²) in [5.41, 5.74) is 1.12. The molecule has 0 aliphatic carbocycles. The van der Waals surface area contributed by atoms with Gasteiger partial charge in [-0.25, -0.2) is 4.79 Å². The van der Waals surface area contributed by atoms with E-state index < -0.39 is 34.1 Å². The highest BCUT2D eigenvalue weighted by Crippen LogP contribution is 2.41. The molecule has 0 N–H and O–H groups in total. The maximum atomic E-state index is 12.3. The Morgan fingerprint density at radius 2 is 2.11 bits per heavy atom. The van der Waals surface area contributed by atoms with E-state index in [0.29, 0.717) is 30.3 Å². The number of hydrogen-bond acceptors (Lipinski definition) is 8. The van der Waals surface area contributed by atoms with Crippen molar-refractivity contribution in [1.29, 1.82) is 0 Å². The van der Waals surface area contributed by atoms with Gasteiger partial charge in [0.1, 0.15) is 36.9 Å². The molecular weight excluding hydrogens is 380 g/mol. The van der Waals surface area contributed by atoms with Crippen LogP contribution in [0.3, 0.4) is 0 Å². The van der Waals surface area contributed by atoms with Gasteiger partial charge in [0.05, 0.1) is 19.4 Å². The van der Waals surface area contributed by atoms with Crippen molar-refractivity contribution in [3.8, 4) is 5.75 Å². The van der Waals surface area contributed by atoms with Crippen molar-refractivity contribution in [2.75, 3.05) is 49.0 Å². The largest absolute Gasteiger partial charge is 0.489 e. The van der Waals surface area contributed by atoms with Gasteiger partial charge in [0.15, 0.2) is 0 Å². The molecule has 2 fully saturated rings. The Kier molecular flexibility index (Phi) is 4.44. The average Bonchev–Trinajstić information content (AvgIpc) is 2.97. The van der Waals surface area contributed by atoms with Crippen LogP contribution in [-0.4, -0.2) is 71.8 Å². The number of hydrogen-bond donors (Lipinski definition) is 0. The van der Waals surface area contributed by atoms with E-state index in [4.69, 9.17) is 14.2 Å². The lowest BCUT2D eigenvalue weighted by Gasteiger charge is -2.33. The molecule has 2 saturated heterocycles. The summed E-state index contributed by atoms with van der Waals surface area (Å²) in [5, 5.41) is 0. The molecule has 0 unspecified atom stereocenters. The number of anilines is 2. The van der Waals surface area contributed by atoms with Crippen LogP contribution in [0, 0.1) is 0 Å². The molecule has 3 aliphatic heterocycles. The standard InChI is InChI=1S/C16H18N2O8S/c1-23-27(21,22)9-14-12-7-25-13-6-10(17-4-5-24-8-15(17)19)2-3-11(13)18(12)16(20)26-14/h2-3,6,12,14H,4-5,7-9H2,1H3/t12-,14-/m0/s1. The quantitative estimate of drug-likeness (QED) is 0.657. The predicted molar refractivity (Wildman–Crippen MR) is 92.4 cm³/mol. The third kappa shape index (κ3) is 3.22. The lowest BCUT2D eigenvalue weighted by Crippen LogP contribution is -2.46. The Hall–Kier alpha value is -2.37. The summed E-state index contributed by atoms with van der Waals surface area (Å²) in [7, 11) is -2.74. The van der Waals surface area contributed by atoms with E-state index >= 15 is 0 Å². The normalized spacial score (nSPS) is 24.9. The molecule has 1 aromatic carbocycles. The van der Waals surface area contributed by atoms with Gasteiger partial charge in [0.2, 0.25) is 0 Å². The number of benzene rings is 1. The highest BCUT2D eigenvalue weighted by atomic mass is 32.2. The highest BCUT2D eigenvalue weighted by Gasteiger charge is 2.48. The lowest BCUT2D eigenvalue weighted by atomic mass is 10.1. The lowest BCUT2D eigenvalue weighted by molar-refractivity contribution is -0.125. The zero-order valence-electron chi connectivity index (χ0n) is 14.5. The van der Waals surface area contributed by atoms with Gasteiger partial charge >= 0.3 is 6.09 Å². The van der Waals surface area contributed by atoms with Crippen molar-refractivity contribution in [3.05, 3.63) is 18.2 Å². The van der Waals surface area contributed by atoms with E-state index in [1.165, 1.54) is 4.90 Å². The number of rotatable bonds is 4. The van der Waals surface area contributed by atoms with Gasteiger partial charge in [-0.2, -0.15) is 8.42 Å². The molecule has 0 saturated carbocycles. The number of cyclic esters (lactones) is 1. The van der Waals surface area contributed by atoms with Crippen molar-refractivity contribution in [2.24, 2.45) is 0 Å². The molecule has 0 radical (unpaired) electrons. The smallest absolute Gasteiger partial charge is 0.415 e.